The predicted molar refractivity (Wildman–Crippen MR) is 89.3 cm³/mol. The lowest BCUT2D eigenvalue weighted by atomic mass is 10.3. The number of rotatable bonds is 8. The van der Waals surface area contributed by atoms with E-state index in [2.05, 4.69) is 5.32 Å². The number of amides is 1. The Morgan fingerprint density at radius 3 is 2.43 bits per heavy atom. The van der Waals surface area contributed by atoms with Crippen LogP contribution in [0.4, 0.5) is 5.69 Å². The van der Waals surface area contributed by atoms with Crippen molar-refractivity contribution in [2.75, 3.05) is 25.6 Å². The van der Waals surface area contributed by atoms with Crippen molar-refractivity contribution >= 4 is 11.6 Å². The Hall–Kier alpha value is -2.69. The van der Waals surface area contributed by atoms with Crippen LogP contribution >= 0.6 is 0 Å². The van der Waals surface area contributed by atoms with E-state index in [0.29, 0.717) is 18.0 Å². The zero-order valence-electron chi connectivity index (χ0n) is 13.4. The molecule has 23 heavy (non-hydrogen) atoms. The highest BCUT2D eigenvalue weighted by molar-refractivity contribution is 5.92. The summed E-state index contributed by atoms with van der Waals surface area (Å²) in [7, 11) is 1.60. The van der Waals surface area contributed by atoms with Gasteiger partial charge in [0, 0.05) is 11.8 Å². The SMILES string of the molecule is CCCOc1cccc(NC(=O)COc2ccc(OC)cc2)c1. The average molecular weight is 315 g/mol. The number of anilines is 1. The van der Waals surface area contributed by atoms with Crippen LogP contribution in [0.1, 0.15) is 13.3 Å². The number of ether oxygens (including phenoxy) is 3. The van der Waals surface area contributed by atoms with Gasteiger partial charge in [-0.05, 0) is 42.8 Å². The molecule has 0 unspecified atom stereocenters. The van der Waals surface area contributed by atoms with E-state index in [1.807, 2.05) is 25.1 Å². The van der Waals surface area contributed by atoms with Crippen molar-refractivity contribution < 1.29 is 19.0 Å². The van der Waals surface area contributed by atoms with Gasteiger partial charge in [-0.3, -0.25) is 4.79 Å². The lowest BCUT2D eigenvalue weighted by Crippen LogP contribution is -2.20. The van der Waals surface area contributed by atoms with Crippen LogP contribution < -0.4 is 19.5 Å². The number of methoxy groups -OCH3 is 1. The molecule has 1 N–H and O–H groups in total. The van der Waals surface area contributed by atoms with Crippen molar-refractivity contribution in [3.63, 3.8) is 0 Å². The normalized spacial score (nSPS) is 10.0. The minimum absolute atomic E-state index is 0.0631. The van der Waals surface area contributed by atoms with Crippen LogP contribution in [0, 0.1) is 0 Å². The fraction of sp³-hybridized carbons (Fsp3) is 0.278. The van der Waals surface area contributed by atoms with Crippen LogP contribution in [0.2, 0.25) is 0 Å². The summed E-state index contributed by atoms with van der Waals surface area (Å²) in [4.78, 5) is 11.9. The number of hydrogen-bond acceptors (Lipinski definition) is 4. The molecule has 0 saturated heterocycles. The topological polar surface area (TPSA) is 56.8 Å². The summed E-state index contributed by atoms with van der Waals surface area (Å²) in [5.41, 5.74) is 0.682. The minimum Gasteiger partial charge on any atom is -0.497 e. The van der Waals surface area contributed by atoms with Gasteiger partial charge in [-0.25, -0.2) is 0 Å². The van der Waals surface area contributed by atoms with E-state index in [9.17, 15) is 4.79 Å². The van der Waals surface area contributed by atoms with E-state index >= 15 is 0 Å². The first-order valence-electron chi connectivity index (χ1n) is 7.51. The summed E-state index contributed by atoms with van der Waals surface area (Å²) in [6, 6.07) is 14.4. The van der Waals surface area contributed by atoms with Gasteiger partial charge in [-0.15, -0.1) is 0 Å². The summed E-state index contributed by atoms with van der Waals surface area (Å²) in [6.45, 7) is 2.63. The van der Waals surface area contributed by atoms with Crippen molar-refractivity contribution in [1.82, 2.24) is 0 Å². The molecule has 0 aromatic heterocycles. The molecule has 1 amide bonds. The van der Waals surface area contributed by atoms with Gasteiger partial charge in [0.15, 0.2) is 6.61 Å². The molecule has 5 nitrogen and oxygen atoms in total. The third-order valence-corrected chi connectivity index (χ3v) is 3.02. The summed E-state index contributed by atoms with van der Waals surface area (Å²) in [5.74, 6) is 1.86. The van der Waals surface area contributed by atoms with Gasteiger partial charge in [-0.1, -0.05) is 13.0 Å². The molecule has 0 saturated carbocycles. The van der Waals surface area contributed by atoms with Gasteiger partial charge >= 0.3 is 0 Å². The van der Waals surface area contributed by atoms with Crippen molar-refractivity contribution in [2.45, 2.75) is 13.3 Å². The molecule has 0 fully saturated rings. The fourth-order valence-corrected chi connectivity index (χ4v) is 1.90. The summed E-state index contributed by atoms with van der Waals surface area (Å²) in [6.07, 6.45) is 0.937. The van der Waals surface area contributed by atoms with E-state index in [-0.39, 0.29) is 12.5 Å². The maximum Gasteiger partial charge on any atom is 0.262 e. The highest BCUT2D eigenvalue weighted by atomic mass is 16.5. The zero-order valence-corrected chi connectivity index (χ0v) is 13.4. The first kappa shape index (κ1) is 16.7. The van der Waals surface area contributed by atoms with Crippen LogP contribution in [0.5, 0.6) is 17.2 Å². The van der Waals surface area contributed by atoms with Gasteiger partial charge in [0.25, 0.3) is 5.91 Å². The maximum absolute atomic E-state index is 11.9. The molecule has 0 bridgehead atoms. The smallest absolute Gasteiger partial charge is 0.262 e. The highest BCUT2D eigenvalue weighted by Gasteiger charge is 2.05. The van der Waals surface area contributed by atoms with Crippen LogP contribution in [-0.2, 0) is 4.79 Å². The standard InChI is InChI=1S/C18H21NO4/c1-3-11-22-17-6-4-5-14(12-17)19-18(20)13-23-16-9-7-15(21-2)8-10-16/h4-10,12H,3,11,13H2,1-2H3,(H,19,20). The average Bonchev–Trinajstić information content (AvgIpc) is 2.59. The van der Waals surface area contributed by atoms with Gasteiger partial charge in [0.05, 0.1) is 13.7 Å². The molecule has 0 spiro atoms. The van der Waals surface area contributed by atoms with Gasteiger partial charge in [-0.2, -0.15) is 0 Å². The van der Waals surface area contributed by atoms with Crippen LogP contribution in [0.3, 0.4) is 0 Å². The Morgan fingerprint density at radius 2 is 1.74 bits per heavy atom. The Kier molecular flexibility index (Phi) is 6.29. The zero-order chi connectivity index (χ0) is 16.5. The van der Waals surface area contributed by atoms with Gasteiger partial charge in [0.1, 0.15) is 17.2 Å². The highest BCUT2D eigenvalue weighted by Crippen LogP contribution is 2.18. The second-order valence-corrected chi connectivity index (χ2v) is 4.89. The Balaban J connectivity index is 1.84. The Labute approximate surface area is 136 Å². The molecule has 122 valence electrons. The van der Waals surface area contributed by atoms with E-state index in [1.165, 1.54) is 0 Å². The number of carbonyl (C=O) groups is 1. The molecule has 0 radical (unpaired) electrons. The van der Waals surface area contributed by atoms with E-state index < -0.39 is 0 Å². The molecule has 2 aromatic rings. The van der Waals surface area contributed by atoms with Crippen molar-refractivity contribution in [2.24, 2.45) is 0 Å². The number of hydrogen-bond donors (Lipinski definition) is 1. The van der Waals surface area contributed by atoms with Crippen molar-refractivity contribution in [3.05, 3.63) is 48.5 Å². The number of benzene rings is 2. The molecule has 0 aliphatic heterocycles. The molecule has 0 atom stereocenters. The van der Waals surface area contributed by atoms with Crippen molar-refractivity contribution in [1.29, 1.82) is 0 Å². The second kappa shape index (κ2) is 8.68. The molecular formula is C18H21NO4. The quantitative estimate of drug-likeness (QED) is 0.810. The molecule has 2 aromatic carbocycles. The third kappa shape index (κ3) is 5.54. The lowest BCUT2D eigenvalue weighted by Gasteiger charge is -2.10. The molecule has 0 aliphatic carbocycles. The summed E-state index contributed by atoms with van der Waals surface area (Å²) >= 11 is 0. The molecule has 2 rings (SSSR count). The van der Waals surface area contributed by atoms with Crippen LogP contribution in [0.15, 0.2) is 48.5 Å². The molecule has 0 heterocycles. The van der Waals surface area contributed by atoms with Gasteiger partial charge < -0.3 is 19.5 Å². The number of nitrogens with one attached hydrogen (secondary N) is 1. The minimum atomic E-state index is -0.228. The van der Waals surface area contributed by atoms with Crippen LogP contribution in [-0.4, -0.2) is 26.2 Å². The second-order valence-electron chi connectivity index (χ2n) is 4.89. The van der Waals surface area contributed by atoms with E-state index in [0.717, 1.165) is 17.9 Å². The Bertz CT molecular complexity index is 625. The molecule has 5 heteroatoms. The number of carbonyl (C=O) groups excluding carboxylic acids is 1. The molecular weight excluding hydrogens is 294 g/mol. The third-order valence-electron chi connectivity index (χ3n) is 3.02. The Morgan fingerprint density at radius 1 is 1.00 bits per heavy atom. The van der Waals surface area contributed by atoms with Crippen molar-refractivity contribution in [3.8, 4) is 17.2 Å². The molecule has 0 aliphatic rings. The first-order chi connectivity index (χ1) is 11.2. The van der Waals surface area contributed by atoms with Crippen LogP contribution in [0.25, 0.3) is 0 Å². The predicted octanol–water partition coefficient (Wildman–Crippen LogP) is 3.50. The summed E-state index contributed by atoms with van der Waals surface area (Å²) < 4.78 is 16.0. The monoisotopic (exact) mass is 315 g/mol. The largest absolute Gasteiger partial charge is 0.497 e. The van der Waals surface area contributed by atoms with E-state index in [1.54, 1.807) is 37.4 Å². The summed E-state index contributed by atoms with van der Waals surface area (Å²) in [5, 5.41) is 2.78. The first-order valence-corrected chi connectivity index (χ1v) is 7.51. The van der Waals surface area contributed by atoms with E-state index in [4.69, 9.17) is 14.2 Å². The lowest BCUT2D eigenvalue weighted by molar-refractivity contribution is -0.118. The maximum atomic E-state index is 11.9. The van der Waals surface area contributed by atoms with Gasteiger partial charge in [0.2, 0.25) is 0 Å². The fourth-order valence-electron chi connectivity index (χ4n) is 1.90.